The number of aromatic nitrogens is 3. The molecule has 200 valence electrons. The lowest BCUT2D eigenvalue weighted by Crippen LogP contribution is -2.38. The lowest BCUT2D eigenvalue weighted by atomic mass is 9.86. The van der Waals surface area contributed by atoms with E-state index in [1.54, 1.807) is 16.8 Å². The molecule has 0 bridgehead atoms. The van der Waals surface area contributed by atoms with Gasteiger partial charge in [0.15, 0.2) is 5.82 Å². The molecule has 10 nitrogen and oxygen atoms in total. The number of carbonyl (C=O) groups is 1. The van der Waals surface area contributed by atoms with Gasteiger partial charge in [-0.05, 0) is 65.5 Å². The van der Waals surface area contributed by atoms with Crippen LogP contribution in [0.5, 0.6) is 0 Å². The molecule has 0 unspecified atom stereocenters. The van der Waals surface area contributed by atoms with Crippen molar-refractivity contribution >= 4 is 39.0 Å². The monoisotopic (exact) mass is 546 g/mol. The third-order valence-electron chi connectivity index (χ3n) is 6.47. The van der Waals surface area contributed by atoms with Crippen molar-refractivity contribution in [3.8, 4) is 10.4 Å². The fourth-order valence-electron chi connectivity index (χ4n) is 4.53. The summed E-state index contributed by atoms with van der Waals surface area (Å²) in [5, 5.41) is 17.1. The number of hydrogen-bond acceptors (Lipinski definition) is 8. The maximum absolute atomic E-state index is 12.6. The van der Waals surface area contributed by atoms with Gasteiger partial charge >= 0.3 is 6.09 Å². The normalized spacial score (nSPS) is 18.1. The summed E-state index contributed by atoms with van der Waals surface area (Å²) in [5.74, 6) is 0.870. The van der Waals surface area contributed by atoms with E-state index in [0.29, 0.717) is 17.1 Å². The molecule has 1 saturated carbocycles. The second-order valence-electron chi connectivity index (χ2n) is 9.79. The minimum absolute atomic E-state index is 0.0417. The highest BCUT2D eigenvalue weighted by molar-refractivity contribution is 7.89. The number of primary sulfonamides is 1. The molecule has 3 aromatic rings. The number of amides is 1. The summed E-state index contributed by atoms with van der Waals surface area (Å²) >= 11 is 1.51. The van der Waals surface area contributed by atoms with Crippen LogP contribution in [0.25, 0.3) is 10.4 Å². The van der Waals surface area contributed by atoms with E-state index in [1.807, 2.05) is 46.9 Å². The quantitative estimate of drug-likeness (QED) is 0.390. The molecule has 1 aromatic carbocycles. The maximum Gasteiger partial charge on any atom is 0.407 e. The first kappa shape index (κ1) is 27.1. The molecule has 1 aliphatic rings. The van der Waals surface area contributed by atoms with Crippen LogP contribution in [0.3, 0.4) is 0 Å². The summed E-state index contributed by atoms with van der Waals surface area (Å²) in [7, 11) is -2.16. The largest absolute Gasteiger partial charge is 0.447 e. The number of hydrogen-bond donors (Lipinski definition) is 3. The zero-order valence-electron chi connectivity index (χ0n) is 21.7. The number of sulfonamides is 1. The fraction of sp³-hybridized carbons (Fsp3) is 0.480. The number of alkyl carbamates (subject to hydrolysis) is 1. The molecule has 0 saturated heterocycles. The molecule has 12 heteroatoms. The average molecular weight is 547 g/mol. The van der Waals surface area contributed by atoms with Gasteiger partial charge in [-0.2, -0.15) is 5.10 Å². The summed E-state index contributed by atoms with van der Waals surface area (Å²) in [6.45, 7) is 7.47. The second kappa shape index (κ2) is 10.8. The predicted octanol–water partition coefficient (Wildman–Crippen LogP) is 4.71. The Morgan fingerprint density at radius 3 is 2.49 bits per heavy atom. The summed E-state index contributed by atoms with van der Waals surface area (Å²) < 4.78 is 32.1. The van der Waals surface area contributed by atoms with E-state index in [1.165, 1.54) is 11.3 Å². The lowest BCUT2D eigenvalue weighted by molar-refractivity contribution is 0.109. The Labute approximate surface area is 221 Å². The lowest BCUT2D eigenvalue weighted by Gasteiger charge is -2.28. The molecule has 4 rings (SSSR count). The van der Waals surface area contributed by atoms with Crippen LogP contribution in [0.4, 0.5) is 16.3 Å². The molecule has 1 aliphatic carbocycles. The number of ether oxygens (including phenoxy) is 1. The Hall–Kier alpha value is -2.96. The van der Waals surface area contributed by atoms with Crippen molar-refractivity contribution in [1.29, 1.82) is 0 Å². The zero-order valence-corrected chi connectivity index (χ0v) is 23.4. The van der Waals surface area contributed by atoms with Crippen molar-refractivity contribution < 1.29 is 17.9 Å². The van der Waals surface area contributed by atoms with Gasteiger partial charge in [0, 0.05) is 42.0 Å². The standard InChI is InChI=1S/C25H34N6O4S2/c1-14(2)35-25(32)29-18-8-6-17(7-9-18)24-27-16(4)23(36-24)20-11-10-19(13-21(20)37(26,33)34)28-22-12-15(3)31(5)30-22/h10-14,17-18H,6-9H2,1-5H3,(H,28,30)(H,29,32)(H2,26,33,34). The minimum atomic E-state index is -4.00. The van der Waals surface area contributed by atoms with E-state index < -0.39 is 10.0 Å². The Balaban J connectivity index is 1.53. The van der Waals surface area contributed by atoms with Crippen molar-refractivity contribution in [3.63, 3.8) is 0 Å². The summed E-state index contributed by atoms with van der Waals surface area (Å²) in [5.41, 5.74) is 2.86. The third kappa shape index (κ3) is 6.49. The van der Waals surface area contributed by atoms with E-state index in [-0.39, 0.29) is 29.1 Å². The van der Waals surface area contributed by atoms with Gasteiger partial charge in [-0.15, -0.1) is 11.3 Å². The number of nitrogens with one attached hydrogen (secondary N) is 2. The molecule has 0 spiro atoms. The zero-order chi connectivity index (χ0) is 26.9. The van der Waals surface area contributed by atoms with E-state index in [4.69, 9.17) is 14.9 Å². The maximum atomic E-state index is 12.6. The number of carbonyl (C=O) groups excluding carboxylic acids is 1. The average Bonchev–Trinajstić information content (AvgIpc) is 3.34. The molecular formula is C25H34N6O4S2. The number of anilines is 2. The number of nitrogens with two attached hydrogens (primary N) is 1. The van der Waals surface area contributed by atoms with Crippen LogP contribution in [0, 0.1) is 13.8 Å². The van der Waals surface area contributed by atoms with E-state index in [0.717, 1.165) is 47.0 Å². The van der Waals surface area contributed by atoms with Gasteiger partial charge in [0.05, 0.1) is 26.6 Å². The summed E-state index contributed by atoms with van der Waals surface area (Å²) in [4.78, 5) is 17.6. The first-order chi connectivity index (χ1) is 17.4. The highest BCUT2D eigenvalue weighted by atomic mass is 32.2. The van der Waals surface area contributed by atoms with Crippen LogP contribution in [-0.2, 0) is 21.8 Å². The molecule has 0 radical (unpaired) electrons. The molecule has 2 heterocycles. The topological polar surface area (TPSA) is 141 Å². The van der Waals surface area contributed by atoms with E-state index in [2.05, 4.69) is 15.7 Å². The van der Waals surface area contributed by atoms with Gasteiger partial charge in [0.25, 0.3) is 0 Å². The molecule has 2 aromatic heterocycles. The summed E-state index contributed by atoms with van der Waals surface area (Å²) in [6, 6.07) is 7.09. The molecule has 37 heavy (non-hydrogen) atoms. The smallest absolute Gasteiger partial charge is 0.407 e. The number of rotatable bonds is 7. The van der Waals surface area contributed by atoms with E-state index >= 15 is 0 Å². The third-order valence-corrected chi connectivity index (χ3v) is 8.78. The van der Waals surface area contributed by atoms with Crippen molar-refractivity contribution in [3.05, 3.63) is 40.7 Å². The molecule has 0 aliphatic heterocycles. The van der Waals surface area contributed by atoms with Gasteiger partial charge in [-0.3, -0.25) is 4.68 Å². The van der Waals surface area contributed by atoms with Crippen LogP contribution < -0.4 is 15.8 Å². The second-order valence-corrected chi connectivity index (χ2v) is 12.3. The van der Waals surface area contributed by atoms with Crippen LogP contribution in [-0.4, -0.2) is 41.4 Å². The van der Waals surface area contributed by atoms with Gasteiger partial charge in [-0.25, -0.2) is 23.3 Å². The number of benzene rings is 1. The SMILES string of the molecule is Cc1nc(C2CCC(NC(=O)OC(C)C)CC2)sc1-c1ccc(Nc2cc(C)n(C)n2)cc1S(N)(=O)=O. The van der Waals surface area contributed by atoms with E-state index in [9.17, 15) is 13.2 Å². The summed E-state index contributed by atoms with van der Waals surface area (Å²) in [6.07, 6.45) is 2.90. The Morgan fingerprint density at radius 1 is 1.19 bits per heavy atom. The number of thiazole rings is 1. The van der Waals surface area contributed by atoms with Crippen LogP contribution in [0.1, 0.15) is 61.8 Å². The molecule has 1 amide bonds. The van der Waals surface area contributed by atoms with Gasteiger partial charge < -0.3 is 15.4 Å². The van der Waals surface area contributed by atoms with Crippen molar-refractivity contribution in [1.82, 2.24) is 20.1 Å². The molecule has 0 atom stereocenters. The first-order valence-electron chi connectivity index (χ1n) is 12.3. The minimum Gasteiger partial charge on any atom is -0.447 e. The molecule has 4 N–H and O–H groups in total. The van der Waals surface area contributed by atoms with Crippen molar-refractivity contribution in [2.24, 2.45) is 12.2 Å². The van der Waals surface area contributed by atoms with Gasteiger partial charge in [-0.1, -0.05) is 6.07 Å². The first-order valence-corrected chi connectivity index (χ1v) is 14.7. The molecule has 1 fully saturated rings. The highest BCUT2D eigenvalue weighted by Gasteiger charge is 2.28. The predicted molar refractivity (Wildman–Crippen MR) is 145 cm³/mol. The Bertz CT molecular complexity index is 1370. The van der Waals surface area contributed by atoms with Gasteiger partial charge in [0.1, 0.15) is 0 Å². The van der Waals surface area contributed by atoms with Crippen LogP contribution >= 0.6 is 11.3 Å². The van der Waals surface area contributed by atoms with Gasteiger partial charge in [0.2, 0.25) is 10.0 Å². The highest BCUT2D eigenvalue weighted by Crippen LogP contribution is 2.41. The Morgan fingerprint density at radius 2 is 1.89 bits per heavy atom. The van der Waals surface area contributed by atoms with Crippen LogP contribution in [0.15, 0.2) is 29.2 Å². The fourth-order valence-corrected chi connectivity index (χ4v) is 6.64. The van der Waals surface area contributed by atoms with Crippen LogP contribution in [0.2, 0.25) is 0 Å². The number of aryl methyl sites for hydroxylation is 3. The molecular weight excluding hydrogens is 512 g/mol. The number of nitrogens with zero attached hydrogens (tertiary/aromatic N) is 3. The van der Waals surface area contributed by atoms with Crippen molar-refractivity contribution in [2.75, 3.05) is 5.32 Å². The Kier molecular flexibility index (Phi) is 7.91. The van der Waals surface area contributed by atoms with Crippen molar-refractivity contribution in [2.45, 2.75) is 76.3 Å².